The van der Waals surface area contributed by atoms with Crippen molar-refractivity contribution in [1.29, 1.82) is 0 Å². The Hall–Kier alpha value is -1.45. The van der Waals surface area contributed by atoms with Crippen LogP contribution in [-0.4, -0.2) is 62.5 Å². The fraction of sp³-hybridized carbons (Fsp3) is 0.667. The molecule has 0 spiro atoms. The zero-order valence-corrected chi connectivity index (χ0v) is 13.2. The Bertz CT molecular complexity index is 527. The minimum atomic E-state index is 0.710. The van der Waals surface area contributed by atoms with Gasteiger partial charge in [0.1, 0.15) is 0 Å². The van der Waals surface area contributed by atoms with E-state index in [1.807, 2.05) is 28.7 Å². The maximum Gasteiger partial charge on any atom is 0.209 e. The minimum absolute atomic E-state index is 0.710. The highest BCUT2D eigenvalue weighted by Gasteiger charge is 2.07. The summed E-state index contributed by atoms with van der Waals surface area (Å²) < 4.78 is 8.70. The van der Waals surface area contributed by atoms with Gasteiger partial charge in [-0.2, -0.15) is 5.10 Å². The topological polar surface area (TPSA) is 82.7 Å². The van der Waals surface area contributed by atoms with E-state index in [4.69, 9.17) is 4.74 Å². The molecule has 0 fully saturated rings. The Labute approximate surface area is 128 Å². The fourth-order valence-electron chi connectivity index (χ4n) is 1.82. The second kappa shape index (κ2) is 8.75. The summed E-state index contributed by atoms with van der Waals surface area (Å²) in [6, 6.07) is 2.03. The average molecular weight is 311 g/mol. The Morgan fingerprint density at radius 1 is 1.38 bits per heavy atom. The third-order valence-electron chi connectivity index (χ3n) is 2.99. The molecule has 116 valence electrons. The van der Waals surface area contributed by atoms with Gasteiger partial charge in [-0.3, -0.25) is 4.68 Å². The lowest BCUT2D eigenvalue weighted by Crippen LogP contribution is -2.24. The molecule has 0 bridgehead atoms. The van der Waals surface area contributed by atoms with Gasteiger partial charge in [0, 0.05) is 44.9 Å². The average Bonchev–Trinajstić information content (AvgIpc) is 3.09. The molecular weight excluding hydrogens is 290 g/mol. The molecule has 0 atom stereocenters. The predicted molar refractivity (Wildman–Crippen MR) is 80.2 cm³/mol. The quantitative estimate of drug-likeness (QED) is 0.487. The number of hydrogen-bond donors (Lipinski definition) is 1. The zero-order valence-electron chi connectivity index (χ0n) is 12.4. The molecule has 8 nitrogen and oxygen atoms in total. The molecule has 0 saturated heterocycles. The lowest BCUT2D eigenvalue weighted by Gasteiger charge is -2.06. The summed E-state index contributed by atoms with van der Waals surface area (Å²) in [5.41, 5.74) is 1.21. The first kappa shape index (κ1) is 15.9. The van der Waals surface area contributed by atoms with Crippen molar-refractivity contribution in [3.63, 3.8) is 0 Å². The molecule has 0 aromatic carbocycles. The third-order valence-corrected chi connectivity index (χ3v) is 3.95. The van der Waals surface area contributed by atoms with Gasteiger partial charge in [0.25, 0.3) is 0 Å². The molecule has 2 aromatic heterocycles. The van der Waals surface area contributed by atoms with E-state index in [1.54, 1.807) is 18.9 Å². The van der Waals surface area contributed by atoms with E-state index < -0.39 is 0 Å². The van der Waals surface area contributed by atoms with Crippen molar-refractivity contribution in [1.82, 2.24) is 35.3 Å². The Kier molecular flexibility index (Phi) is 6.64. The van der Waals surface area contributed by atoms with E-state index in [0.29, 0.717) is 6.61 Å². The van der Waals surface area contributed by atoms with Crippen molar-refractivity contribution >= 4 is 11.8 Å². The molecule has 21 heavy (non-hydrogen) atoms. The molecule has 2 rings (SSSR count). The summed E-state index contributed by atoms with van der Waals surface area (Å²) in [4.78, 5) is 0. The number of hydrogen-bond acceptors (Lipinski definition) is 7. The van der Waals surface area contributed by atoms with Crippen LogP contribution in [0.5, 0.6) is 0 Å². The standard InChI is InChI=1S/C12H21N7OS/c1-18-11(3-5-14-18)4-10-21-12-15-16-17-19(12)8-6-13-7-9-20-2/h3,5,13H,4,6-10H2,1-2H3. The highest BCUT2D eigenvalue weighted by atomic mass is 32.2. The number of tetrazole rings is 1. The molecule has 2 heterocycles. The van der Waals surface area contributed by atoms with Gasteiger partial charge in [-0.15, -0.1) is 5.10 Å². The van der Waals surface area contributed by atoms with Crippen molar-refractivity contribution in [2.24, 2.45) is 7.05 Å². The fourth-order valence-corrected chi connectivity index (χ4v) is 2.68. The Morgan fingerprint density at radius 3 is 3.05 bits per heavy atom. The molecule has 0 radical (unpaired) electrons. The van der Waals surface area contributed by atoms with E-state index in [1.165, 1.54) is 5.69 Å². The van der Waals surface area contributed by atoms with Crippen LogP contribution in [0.15, 0.2) is 17.4 Å². The largest absolute Gasteiger partial charge is 0.383 e. The van der Waals surface area contributed by atoms with Gasteiger partial charge in [0.05, 0.1) is 13.2 Å². The van der Waals surface area contributed by atoms with E-state index in [9.17, 15) is 0 Å². The molecule has 2 aromatic rings. The number of aryl methyl sites for hydroxylation is 2. The first-order valence-electron chi connectivity index (χ1n) is 6.86. The van der Waals surface area contributed by atoms with Gasteiger partial charge in [0.15, 0.2) is 0 Å². The van der Waals surface area contributed by atoms with Gasteiger partial charge >= 0.3 is 0 Å². The van der Waals surface area contributed by atoms with Crippen molar-refractivity contribution in [3.05, 3.63) is 18.0 Å². The molecule has 0 unspecified atom stereocenters. The van der Waals surface area contributed by atoms with Crippen LogP contribution in [0.2, 0.25) is 0 Å². The highest BCUT2D eigenvalue weighted by molar-refractivity contribution is 7.99. The summed E-state index contributed by atoms with van der Waals surface area (Å²) in [5.74, 6) is 0.928. The third kappa shape index (κ3) is 5.10. The lowest BCUT2D eigenvalue weighted by atomic mass is 10.3. The summed E-state index contributed by atoms with van der Waals surface area (Å²) in [5, 5.41) is 20.1. The van der Waals surface area contributed by atoms with Crippen molar-refractivity contribution in [3.8, 4) is 0 Å². The summed E-state index contributed by atoms with van der Waals surface area (Å²) in [6.07, 6.45) is 2.76. The number of aromatic nitrogens is 6. The molecule has 0 aliphatic carbocycles. The molecule has 0 amide bonds. The Balaban J connectivity index is 1.71. The molecule has 0 saturated carbocycles. The predicted octanol–water partition coefficient (Wildman–Crippen LogP) is -0.0226. The van der Waals surface area contributed by atoms with E-state index >= 15 is 0 Å². The van der Waals surface area contributed by atoms with Crippen LogP contribution in [0.1, 0.15) is 5.69 Å². The van der Waals surface area contributed by atoms with Crippen molar-refractivity contribution < 1.29 is 4.74 Å². The normalized spacial score (nSPS) is 11.1. The van der Waals surface area contributed by atoms with Crippen LogP contribution in [0.4, 0.5) is 0 Å². The number of rotatable bonds is 10. The monoisotopic (exact) mass is 311 g/mol. The maximum absolute atomic E-state index is 4.98. The number of nitrogens with one attached hydrogen (secondary N) is 1. The van der Waals surface area contributed by atoms with Gasteiger partial charge < -0.3 is 10.1 Å². The molecule has 1 N–H and O–H groups in total. The summed E-state index contributed by atoms with van der Waals surface area (Å²) in [6.45, 7) is 3.12. The van der Waals surface area contributed by atoms with Gasteiger partial charge in [-0.05, 0) is 22.9 Å². The van der Waals surface area contributed by atoms with Gasteiger partial charge in [-0.25, -0.2) is 4.68 Å². The Morgan fingerprint density at radius 2 is 2.29 bits per heavy atom. The highest BCUT2D eigenvalue weighted by Crippen LogP contribution is 2.15. The number of ether oxygens (including phenoxy) is 1. The maximum atomic E-state index is 4.98. The number of methoxy groups -OCH3 is 1. The lowest BCUT2D eigenvalue weighted by molar-refractivity contribution is 0.199. The van der Waals surface area contributed by atoms with E-state index in [2.05, 4.69) is 25.9 Å². The van der Waals surface area contributed by atoms with E-state index in [-0.39, 0.29) is 0 Å². The zero-order chi connectivity index (χ0) is 14.9. The number of thioether (sulfide) groups is 1. The van der Waals surface area contributed by atoms with Gasteiger partial charge in [0.2, 0.25) is 5.16 Å². The second-order valence-corrected chi connectivity index (χ2v) is 5.53. The smallest absolute Gasteiger partial charge is 0.209 e. The second-order valence-electron chi connectivity index (χ2n) is 4.47. The van der Waals surface area contributed by atoms with Crippen LogP contribution < -0.4 is 5.32 Å². The van der Waals surface area contributed by atoms with Crippen LogP contribution in [0, 0.1) is 0 Å². The van der Waals surface area contributed by atoms with Crippen LogP contribution >= 0.6 is 11.8 Å². The number of nitrogens with zero attached hydrogens (tertiary/aromatic N) is 6. The molecule has 9 heteroatoms. The first-order valence-corrected chi connectivity index (χ1v) is 7.85. The summed E-state index contributed by atoms with van der Waals surface area (Å²) in [7, 11) is 3.65. The first-order chi connectivity index (χ1) is 10.3. The van der Waals surface area contributed by atoms with E-state index in [0.717, 1.165) is 37.0 Å². The van der Waals surface area contributed by atoms with Gasteiger partial charge in [-0.1, -0.05) is 11.8 Å². The molecule has 0 aliphatic rings. The SMILES string of the molecule is COCCNCCn1nnnc1SCCc1ccnn1C. The summed E-state index contributed by atoms with van der Waals surface area (Å²) >= 11 is 1.66. The molecular formula is C12H21N7OS. The molecule has 0 aliphatic heterocycles. The van der Waals surface area contributed by atoms with Crippen molar-refractivity contribution in [2.75, 3.05) is 32.6 Å². The van der Waals surface area contributed by atoms with Crippen LogP contribution in [0.3, 0.4) is 0 Å². The van der Waals surface area contributed by atoms with Crippen molar-refractivity contribution in [2.45, 2.75) is 18.1 Å². The van der Waals surface area contributed by atoms with Crippen LogP contribution in [-0.2, 0) is 24.8 Å². The minimum Gasteiger partial charge on any atom is -0.383 e. The van der Waals surface area contributed by atoms with Crippen LogP contribution in [0.25, 0.3) is 0 Å².